The number of benzene rings is 1. The van der Waals surface area contributed by atoms with Crippen LogP contribution >= 0.6 is 0 Å². The first-order valence-electron chi connectivity index (χ1n) is 5.39. The van der Waals surface area contributed by atoms with Gasteiger partial charge in [0.1, 0.15) is 0 Å². The SMILES string of the molecule is Cc1cc(C)c(C)c(/C=C/CC(=O)O)c1C. The van der Waals surface area contributed by atoms with Crippen LogP contribution in [0.5, 0.6) is 0 Å². The summed E-state index contributed by atoms with van der Waals surface area (Å²) in [5.41, 5.74) is 6.10. The molecule has 1 rings (SSSR count). The van der Waals surface area contributed by atoms with Crippen molar-refractivity contribution in [1.29, 1.82) is 0 Å². The highest BCUT2D eigenvalue weighted by molar-refractivity contribution is 5.71. The standard InChI is InChI=1S/C14H18O2/c1-9-8-10(2)12(4)13(11(9)3)6-5-7-14(15)16/h5-6,8H,7H2,1-4H3,(H,15,16)/b6-5+. The highest BCUT2D eigenvalue weighted by Crippen LogP contribution is 2.22. The van der Waals surface area contributed by atoms with Crippen molar-refractivity contribution >= 4 is 12.0 Å². The number of hydrogen-bond acceptors (Lipinski definition) is 1. The summed E-state index contributed by atoms with van der Waals surface area (Å²) in [6.07, 6.45) is 3.70. The lowest BCUT2D eigenvalue weighted by Gasteiger charge is -2.11. The predicted octanol–water partition coefficient (Wildman–Crippen LogP) is 3.41. The van der Waals surface area contributed by atoms with Crippen molar-refractivity contribution in [3.8, 4) is 0 Å². The highest BCUT2D eigenvalue weighted by Gasteiger charge is 2.05. The molecule has 16 heavy (non-hydrogen) atoms. The summed E-state index contributed by atoms with van der Waals surface area (Å²) < 4.78 is 0. The van der Waals surface area contributed by atoms with E-state index in [1.165, 1.54) is 22.3 Å². The van der Waals surface area contributed by atoms with Gasteiger partial charge in [0, 0.05) is 0 Å². The Morgan fingerprint density at radius 3 is 2.12 bits per heavy atom. The molecule has 2 nitrogen and oxygen atoms in total. The second kappa shape index (κ2) is 4.97. The van der Waals surface area contributed by atoms with Crippen molar-refractivity contribution in [3.05, 3.63) is 40.0 Å². The fraction of sp³-hybridized carbons (Fsp3) is 0.357. The third-order valence-electron chi connectivity index (χ3n) is 3.00. The van der Waals surface area contributed by atoms with Crippen molar-refractivity contribution in [3.63, 3.8) is 0 Å². The van der Waals surface area contributed by atoms with Crippen LogP contribution in [0, 0.1) is 27.7 Å². The maximum absolute atomic E-state index is 10.4. The molecule has 1 aromatic carbocycles. The molecule has 1 aromatic rings. The minimum Gasteiger partial charge on any atom is -0.481 e. The Bertz CT molecular complexity index is 416. The topological polar surface area (TPSA) is 37.3 Å². The van der Waals surface area contributed by atoms with E-state index in [4.69, 9.17) is 5.11 Å². The highest BCUT2D eigenvalue weighted by atomic mass is 16.4. The van der Waals surface area contributed by atoms with E-state index < -0.39 is 5.97 Å². The number of carboxylic acids is 1. The predicted molar refractivity (Wildman–Crippen MR) is 66.7 cm³/mol. The number of rotatable bonds is 3. The van der Waals surface area contributed by atoms with E-state index >= 15 is 0 Å². The van der Waals surface area contributed by atoms with Crippen LogP contribution in [0.25, 0.3) is 6.08 Å². The maximum atomic E-state index is 10.4. The zero-order chi connectivity index (χ0) is 12.3. The van der Waals surface area contributed by atoms with Gasteiger partial charge >= 0.3 is 5.97 Å². The Hall–Kier alpha value is -1.57. The van der Waals surface area contributed by atoms with Crippen molar-refractivity contribution in [2.75, 3.05) is 0 Å². The number of carboxylic acid groups (broad SMARTS) is 1. The van der Waals surface area contributed by atoms with Gasteiger partial charge in [-0.3, -0.25) is 4.79 Å². The van der Waals surface area contributed by atoms with Crippen LogP contribution in [-0.2, 0) is 4.79 Å². The van der Waals surface area contributed by atoms with Crippen LogP contribution in [0.3, 0.4) is 0 Å². The molecule has 0 saturated heterocycles. The van der Waals surface area contributed by atoms with Crippen LogP contribution in [0.2, 0.25) is 0 Å². The molecule has 0 heterocycles. The average molecular weight is 218 g/mol. The third kappa shape index (κ3) is 2.72. The second-order valence-electron chi connectivity index (χ2n) is 4.17. The molecule has 2 heteroatoms. The number of carbonyl (C=O) groups is 1. The molecule has 0 amide bonds. The van der Waals surface area contributed by atoms with E-state index in [0.717, 1.165) is 5.56 Å². The van der Waals surface area contributed by atoms with Crippen LogP contribution in [0.1, 0.15) is 34.2 Å². The summed E-state index contributed by atoms with van der Waals surface area (Å²) in [5.74, 6) is -0.795. The molecular weight excluding hydrogens is 200 g/mol. The zero-order valence-corrected chi connectivity index (χ0v) is 10.3. The largest absolute Gasteiger partial charge is 0.481 e. The van der Waals surface area contributed by atoms with Gasteiger partial charge in [0.25, 0.3) is 0 Å². The lowest BCUT2D eigenvalue weighted by Crippen LogP contribution is -1.95. The van der Waals surface area contributed by atoms with Gasteiger partial charge in [0.15, 0.2) is 0 Å². The van der Waals surface area contributed by atoms with Gasteiger partial charge in [0.2, 0.25) is 0 Å². The second-order valence-corrected chi connectivity index (χ2v) is 4.17. The van der Waals surface area contributed by atoms with E-state index in [1.807, 2.05) is 6.08 Å². The Morgan fingerprint density at radius 1 is 1.19 bits per heavy atom. The van der Waals surface area contributed by atoms with Gasteiger partial charge in [-0.25, -0.2) is 0 Å². The number of aliphatic carboxylic acids is 1. The Labute approximate surface area is 96.6 Å². The summed E-state index contributed by atoms with van der Waals surface area (Å²) in [5, 5.41) is 8.59. The normalized spacial score (nSPS) is 11.0. The third-order valence-corrected chi connectivity index (χ3v) is 3.00. The number of aryl methyl sites for hydroxylation is 2. The molecule has 0 aliphatic heterocycles. The van der Waals surface area contributed by atoms with E-state index in [2.05, 4.69) is 33.8 Å². The van der Waals surface area contributed by atoms with Crippen molar-refractivity contribution in [1.82, 2.24) is 0 Å². The Morgan fingerprint density at radius 2 is 1.69 bits per heavy atom. The molecule has 0 saturated carbocycles. The maximum Gasteiger partial charge on any atom is 0.307 e. The van der Waals surface area contributed by atoms with Crippen LogP contribution in [0.15, 0.2) is 12.1 Å². The summed E-state index contributed by atoms with van der Waals surface area (Å²) >= 11 is 0. The van der Waals surface area contributed by atoms with Crippen molar-refractivity contribution in [2.24, 2.45) is 0 Å². The van der Waals surface area contributed by atoms with E-state index in [0.29, 0.717) is 0 Å². The van der Waals surface area contributed by atoms with Gasteiger partial charge < -0.3 is 5.11 Å². The molecule has 0 bridgehead atoms. The zero-order valence-electron chi connectivity index (χ0n) is 10.3. The quantitative estimate of drug-likeness (QED) is 0.844. The summed E-state index contributed by atoms with van der Waals surface area (Å²) in [6, 6.07) is 2.17. The smallest absolute Gasteiger partial charge is 0.307 e. The lowest BCUT2D eigenvalue weighted by molar-refractivity contribution is -0.135. The lowest BCUT2D eigenvalue weighted by atomic mass is 9.94. The molecule has 0 radical (unpaired) electrons. The summed E-state index contributed by atoms with van der Waals surface area (Å²) in [7, 11) is 0. The van der Waals surface area contributed by atoms with Crippen molar-refractivity contribution in [2.45, 2.75) is 34.1 Å². The van der Waals surface area contributed by atoms with Crippen LogP contribution in [0.4, 0.5) is 0 Å². The molecule has 0 atom stereocenters. The molecule has 0 spiro atoms. The molecule has 86 valence electrons. The van der Waals surface area contributed by atoms with Gasteiger partial charge in [-0.2, -0.15) is 0 Å². The van der Waals surface area contributed by atoms with Crippen LogP contribution in [-0.4, -0.2) is 11.1 Å². The van der Waals surface area contributed by atoms with Gasteiger partial charge in [-0.1, -0.05) is 18.2 Å². The molecule has 0 aromatic heterocycles. The van der Waals surface area contributed by atoms with Crippen molar-refractivity contribution < 1.29 is 9.90 Å². The molecular formula is C14H18O2. The van der Waals surface area contributed by atoms with Gasteiger partial charge in [0.05, 0.1) is 6.42 Å². The molecule has 0 aliphatic rings. The fourth-order valence-electron chi connectivity index (χ4n) is 1.77. The van der Waals surface area contributed by atoms with Gasteiger partial charge in [-0.05, 0) is 55.5 Å². The first-order valence-corrected chi connectivity index (χ1v) is 5.39. The average Bonchev–Trinajstić information content (AvgIpc) is 2.20. The molecule has 0 unspecified atom stereocenters. The summed E-state index contributed by atoms with van der Waals surface area (Å²) in [4.78, 5) is 10.4. The first-order chi connectivity index (χ1) is 7.43. The Kier molecular flexibility index (Phi) is 3.88. The van der Waals surface area contributed by atoms with E-state index in [-0.39, 0.29) is 6.42 Å². The summed E-state index contributed by atoms with van der Waals surface area (Å²) in [6.45, 7) is 8.30. The Balaban J connectivity index is 3.12. The minimum absolute atomic E-state index is 0.0753. The van der Waals surface area contributed by atoms with E-state index in [1.54, 1.807) is 6.08 Å². The monoisotopic (exact) mass is 218 g/mol. The minimum atomic E-state index is -0.795. The number of hydrogen-bond donors (Lipinski definition) is 1. The molecule has 1 N–H and O–H groups in total. The fourth-order valence-corrected chi connectivity index (χ4v) is 1.77. The first kappa shape index (κ1) is 12.5. The molecule has 0 aliphatic carbocycles. The van der Waals surface area contributed by atoms with E-state index in [9.17, 15) is 4.79 Å². The van der Waals surface area contributed by atoms with Gasteiger partial charge in [-0.15, -0.1) is 0 Å². The molecule has 0 fully saturated rings. The van der Waals surface area contributed by atoms with Crippen LogP contribution < -0.4 is 0 Å².